The molecule has 0 aliphatic carbocycles. The molecule has 2 unspecified atom stereocenters. The highest BCUT2D eigenvalue weighted by atomic mass is 32.1. The monoisotopic (exact) mass is 398 g/mol. The van der Waals surface area contributed by atoms with Gasteiger partial charge < -0.3 is 36.1 Å². The smallest absolute Gasteiger partial charge is 0.203 e. The Hall–Kier alpha value is -1.63. The third-order valence-electron chi connectivity index (χ3n) is 4.66. The summed E-state index contributed by atoms with van der Waals surface area (Å²) in [7, 11) is 0. The van der Waals surface area contributed by atoms with Crippen molar-refractivity contribution in [2.45, 2.75) is 50.2 Å². The average molecular weight is 398 g/mol. The highest BCUT2D eigenvalue weighted by molar-refractivity contribution is 7.71. The van der Waals surface area contributed by atoms with Crippen LogP contribution in [0.1, 0.15) is 31.9 Å². The molecule has 7 N–H and O–H groups in total. The molecule has 0 saturated carbocycles. The number of anilines is 1. The number of aliphatic hydroxyl groups is 3. The van der Waals surface area contributed by atoms with Crippen LogP contribution in [0.25, 0.3) is 11.2 Å². The van der Waals surface area contributed by atoms with Gasteiger partial charge in [0.05, 0.1) is 12.9 Å². The minimum Gasteiger partial charge on any atom is -0.394 e. The molecule has 1 fully saturated rings. The quantitative estimate of drug-likeness (QED) is 0.253. The van der Waals surface area contributed by atoms with Crippen molar-refractivity contribution in [3.8, 4) is 0 Å². The Bertz CT molecular complexity index is 812. The van der Waals surface area contributed by atoms with Crippen molar-refractivity contribution < 1.29 is 20.1 Å². The molecule has 2 aromatic heterocycles. The number of nitrogens with zero attached hydrogens (tertiary/aromatic N) is 3. The highest BCUT2D eigenvalue weighted by Gasteiger charge is 2.43. The fourth-order valence-corrected chi connectivity index (χ4v) is 3.39. The van der Waals surface area contributed by atoms with Crippen molar-refractivity contribution in [3.63, 3.8) is 0 Å². The SMILES string of the molecule is NCCCCCCNc1nc(=S)c2ncn([C@@H]3O[C@H](CO)C(O)C3O)c2[nH]1. The molecule has 3 rings (SSSR count). The second-order valence-electron chi connectivity index (χ2n) is 6.60. The van der Waals surface area contributed by atoms with Crippen LogP contribution in [0.3, 0.4) is 0 Å². The van der Waals surface area contributed by atoms with E-state index in [1.54, 1.807) is 4.57 Å². The van der Waals surface area contributed by atoms with E-state index in [0.29, 0.717) is 28.3 Å². The summed E-state index contributed by atoms with van der Waals surface area (Å²) >= 11 is 5.31. The van der Waals surface area contributed by atoms with E-state index in [-0.39, 0.29) is 0 Å². The number of hydrogen-bond acceptors (Lipinski definition) is 9. The van der Waals surface area contributed by atoms with E-state index in [9.17, 15) is 15.3 Å². The average Bonchev–Trinajstić information content (AvgIpc) is 3.20. The van der Waals surface area contributed by atoms with Crippen molar-refractivity contribution in [1.29, 1.82) is 0 Å². The zero-order valence-corrected chi connectivity index (χ0v) is 15.7. The van der Waals surface area contributed by atoms with Crippen LogP contribution < -0.4 is 11.1 Å². The number of nitrogens with two attached hydrogens (primary N) is 1. The molecule has 150 valence electrons. The third-order valence-corrected chi connectivity index (χ3v) is 4.95. The normalized spacial score (nSPS) is 25.3. The summed E-state index contributed by atoms with van der Waals surface area (Å²) in [5.74, 6) is 0.500. The maximum absolute atomic E-state index is 10.3. The van der Waals surface area contributed by atoms with Gasteiger partial charge in [0.15, 0.2) is 10.9 Å². The number of aliphatic hydroxyl groups excluding tert-OH is 3. The van der Waals surface area contributed by atoms with Crippen LogP contribution in [0, 0.1) is 4.64 Å². The molecule has 11 heteroatoms. The summed E-state index contributed by atoms with van der Waals surface area (Å²) in [6.45, 7) is 1.05. The lowest BCUT2D eigenvalue weighted by Crippen LogP contribution is -2.33. The Morgan fingerprint density at radius 1 is 1.26 bits per heavy atom. The summed E-state index contributed by atoms with van der Waals surface area (Å²) in [5, 5.41) is 32.7. The first-order chi connectivity index (χ1) is 13.1. The van der Waals surface area contributed by atoms with Crippen LogP contribution in [0.2, 0.25) is 0 Å². The molecule has 0 aromatic carbocycles. The molecule has 0 spiro atoms. The summed E-state index contributed by atoms with van der Waals surface area (Å²) < 4.78 is 7.45. The van der Waals surface area contributed by atoms with E-state index in [4.69, 9.17) is 22.7 Å². The first kappa shape index (κ1) is 20.1. The van der Waals surface area contributed by atoms with Crippen LogP contribution in [-0.4, -0.2) is 72.8 Å². The van der Waals surface area contributed by atoms with Gasteiger partial charge in [-0.2, -0.15) is 0 Å². The Kier molecular flexibility index (Phi) is 6.73. The van der Waals surface area contributed by atoms with Gasteiger partial charge in [-0.05, 0) is 19.4 Å². The molecule has 4 atom stereocenters. The number of fused-ring (bicyclic) bond motifs is 1. The van der Waals surface area contributed by atoms with E-state index >= 15 is 0 Å². The van der Waals surface area contributed by atoms with Crippen LogP contribution >= 0.6 is 12.2 Å². The van der Waals surface area contributed by atoms with Crippen molar-refractivity contribution in [2.24, 2.45) is 5.73 Å². The summed E-state index contributed by atoms with van der Waals surface area (Å²) in [6.07, 6.45) is 1.51. The number of aromatic nitrogens is 4. The third kappa shape index (κ3) is 4.28. The van der Waals surface area contributed by atoms with Gasteiger partial charge in [0, 0.05) is 6.54 Å². The van der Waals surface area contributed by atoms with Gasteiger partial charge in [-0.3, -0.25) is 4.57 Å². The topological polar surface area (TPSA) is 154 Å². The predicted octanol–water partition coefficient (Wildman–Crippen LogP) is 0.0314. The zero-order chi connectivity index (χ0) is 19.4. The highest BCUT2D eigenvalue weighted by Crippen LogP contribution is 2.31. The number of aromatic amines is 1. The van der Waals surface area contributed by atoms with Crippen LogP contribution in [0.15, 0.2) is 6.33 Å². The number of imidazole rings is 1. The molecular weight excluding hydrogens is 372 g/mol. The zero-order valence-electron chi connectivity index (χ0n) is 14.9. The standard InChI is InChI=1S/C16H26N6O4S/c17-5-3-1-2-4-6-18-16-20-13-10(14(27)21-16)19-8-22(13)15-12(25)11(24)9(7-23)26-15/h8-9,11-12,15,23-25H,1-7,17H2,(H2,18,20,21,27)/t9-,11?,12?,15-/m1/s1. The molecule has 0 radical (unpaired) electrons. The van der Waals surface area contributed by atoms with Crippen LogP contribution in [0.4, 0.5) is 5.95 Å². The molecule has 27 heavy (non-hydrogen) atoms. The number of ether oxygens (including phenoxy) is 1. The number of H-pyrrole nitrogens is 1. The number of hydrogen-bond donors (Lipinski definition) is 6. The first-order valence-electron chi connectivity index (χ1n) is 9.10. The summed E-state index contributed by atoms with van der Waals surface area (Å²) in [4.78, 5) is 11.7. The van der Waals surface area contributed by atoms with Gasteiger partial charge in [-0.25, -0.2) is 9.97 Å². The largest absolute Gasteiger partial charge is 0.394 e. The first-order valence-corrected chi connectivity index (χ1v) is 9.51. The van der Waals surface area contributed by atoms with E-state index < -0.39 is 31.1 Å². The molecular formula is C16H26N6O4S. The van der Waals surface area contributed by atoms with E-state index in [1.807, 2.05) is 0 Å². The van der Waals surface area contributed by atoms with Gasteiger partial charge in [0.2, 0.25) is 5.95 Å². The Morgan fingerprint density at radius 2 is 2.04 bits per heavy atom. The molecule has 0 bridgehead atoms. The number of rotatable bonds is 9. The second-order valence-corrected chi connectivity index (χ2v) is 6.98. The van der Waals surface area contributed by atoms with E-state index in [2.05, 4.69) is 20.3 Å². The maximum Gasteiger partial charge on any atom is 0.203 e. The lowest BCUT2D eigenvalue weighted by atomic mass is 10.1. The molecule has 2 aromatic rings. The lowest BCUT2D eigenvalue weighted by Gasteiger charge is -2.17. The molecule has 1 aliphatic rings. The lowest BCUT2D eigenvalue weighted by molar-refractivity contribution is -0.0511. The number of unbranched alkanes of at least 4 members (excludes halogenated alkanes) is 3. The van der Waals surface area contributed by atoms with Gasteiger partial charge in [0.25, 0.3) is 0 Å². The van der Waals surface area contributed by atoms with Crippen molar-refractivity contribution >= 4 is 29.3 Å². The maximum atomic E-state index is 10.3. The van der Waals surface area contributed by atoms with Gasteiger partial charge in [0.1, 0.15) is 29.5 Å². The fourth-order valence-electron chi connectivity index (χ4n) is 3.15. The Balaban J connectivity index is 1.76. The summed E-state index contributed by atoms with van der Waals surface area (Å²) in [6, 6.07) is 0. The molecule has 3 heterocycles. The fraction of sp³-hybridized carbons (Fsp3) is 0.688. The van der Waals surface area contributed by atoms with E-state index in [0.717, 1.165) is 32.2 Å². The Labute approximate surface area is 161 Å². The van der Waals surface area contributed by atoms with Gasteiger partial charge in [-0.1, -0.05) is 25.1 Å². The Morgan fingerprint density at radius 3 is 2.74 bits per heavy atom. The van der Waals surface area contributed by atoms with Crippen LogP contribution in [0.5, 0.6) is 0 Å². The molecule has 1 saturated heterocycles. The van der Waals surface area contributed by atoms with Crippen molar-refractivity contribution in [2.75, 3.05) is 25.0 Å². The van der Waals surface area contributed by atoms with Crippen molar-refractivity contribution in [3.05, 3.63) is 11.0 Å². The van der Waals surface area contributed by atoms with Crippen LogP contribution in [-0.2, 0) is 4.74 Å². The number of nitrogens with one attached hydrogen (secondary N) is 2. The van der Waals surface area contributed by atoms with E-state index in [1.165, 1.54) is 6.33 Å². The second kappa shape index (κ2) is 9.04. The molecule has 1 aliphatic heterocycles. The van der Waals surface area contributed by atoms with Crippen molar-refractivity contribution in [1.82, 2.24) is 19.5 Å². The minimum absolute atomic E-state index is 0.319. The van der Waals surface area contributed by atoms with Gasteiger partial charge >= 0.3 is 0 Å². The summed E-state index contributed by atoms with van der Waals surface area (Å²) in [5.41, 5.74) is 6.48. The molecule has 0 amide bonds. The predicted molar refractivity (Wildman–Crippen MR) is 102 cm³/mol. The molecule has 10 nitrogen and oxygen atoms in total. The minimum atomic E-state index is -1.20. The van der Waals surface area contributed by atoms with Gasteiger partial charge in [-0.15, -0.1) is 0 Å².